The van der Waals surface area contributed by atoms with Crippen LogP contribution in [0.2, 0.25) is 0 Å². The Labute approximate surface area is 101 Å². The van der Waals surface area contributed by atoms with E-state index >= 15 is 0 Å². The minimum Gasteiger partial charge on any atom is -0.385 e. The quantitative estimate of drug-likeness (QED) is 0.450. The van der Waals surface area contributed by atoms with Crippen molar-refractivity contribution >= 4 is 17.3 Å². The number of guanidine groups is 1. The minimum absolute atomic E-state index is 0.772. The summed E-state index contributed by atoms with van der Waals surface area (Å²) in [4.78, 5) is 4.14. The molecule has 5 heteroatoms. The third kappa shape index (κ3) is 5.14. The van der Waals surface area contributed by atoms with Crippen LogP contribution in [0.4, 0.5) is 0 Å². The van der Waals surface area contributed by atoms with Gasteiger partial charge in [0.2, 0.25) is 0 Å². The highest BCUT2D eigenvalue weighted by Gasteiger charge is 1.97. The second-order valence-corrected chi connectivity index (χ2v) is 4.11. The number of thiophene rings is 1. The number of hydrogen-bond acceptors (Lipinski definition) is 3. The van der Waals surface area contributed by atoms with E-state index in [-0.39, 0.29) is 0 Å². The molecule has 0 saturated heterocycles. The largest absolute Gasteiger partial charge is 0.385 e. The Hall–Kier alpha value is -1.07. The van der Waals surface area contributed by atoms with Crippen LogP contribution in [0.15, 0.2) is 21.8 Å². The summed E-state index contributed by atoms with van der Waals surface area (Å²) in [6.45, 7) is 2.46. The van der Waals surface area contributed by atoms with E-state index in [1.807, 2.05) is 0 Å². The summed E-state index contributed by atoms with van der Waals surface area (Å²) in [5.41, 5.74) is 1.28. The topological polar surface area (TPSA) is 45.7 Å². The predicted octanol–water partition coefficient (Wildman–Crippen LogP) is 1.45. The molecule has 4 nitrogen and oxygen atoms in total. The first-order valence-corrected chi connectivity index (χ1v) is 6.25. The van der Waals surface area contributed by atoms with Crippen LogP contribution in [-0.2, 0) is 11.3 Å². The summed E-state index contributed by atoms with van der Waals surface area (Å²) in [7, 11) is 3.49. The first-order valence-electron chi connectivity index (χ1n) is 5.31. The Balaban J connectivity index is 2.17. The molecule has 1 aromatic rings. The Morgan fingerprint density at radius 2 is 2.38 bits per heavy atom. The summed E-state index contributed by atoms with van der Waals surface area (Å²) >= 11 is 1.71. The second-order valence-electron chi connectivity index (χ2n) is 3.33. The van der Waals surface area contributed by atoms with Crippen molar-refractivity contribution < 1.29 is 4.74 Å². The summed E-state index contributed by atoms with van der Waals surface area (Å²) in [6.07, 6.45) is 0.982. The van der Waals surface area contributed by atoms with E-state index in [1.54, 1.807) is 25.5 Å². The molecule has 0 fully saturated rings. The number of nitrogens with zero attached hydrogens (tertiary/aromatic N) is 1. The van der Waals surface area contributed by atoms with Gasteiger partial charge >= 0.3 is 0 Å². The fourth-order valence-corrected chi connectivity index (χ4v) is 1.89. The standard InChI is InChI=1S/C11H19N3OS/c1-12-11(13-5-3-6-15-2)14-8-10-4-7-16-9-10/h4,7,9H,3,5-6,8H2,1-2H3,(H2,12,13,14). The van der Waals surface area contributed by atoms with Crippen molar-refractivity contribution in [2.75, 3.05) is 27.3 Å². The van der Waals surface area contributed by atoms with E-state index in [4.69, 9.17) is 4.74 Å². The Bertz CT molecular complexity index is 298. The molecule has 0 bridgehead atoms. The molecular weight excluding hydrogens is 222 g/mol. The van der Waals surface area contributed by atoms with E-state index in [1.165, 1.54) is 5.56 Å². The zero-order valence-electron chi connectivity index (χ0n) is 9.82. The van der Waals surface area contributed by atoms with Crippen LogP contribution >= 0.6 is 11.3 Å². The van der Waals surface area contributed by atoms with Crippen molar-refractivity contribution in [1.82, 2.24) is 10.6 Å². The summed E-state index contributed by atoms with van der Waals surface area (Å²) in [6, 6.07) is 2.11. The van der Waals surface area contributed by atoms with Gasteiger partial charge in [-0.3, -0.25) is 4.99 Å². The maximum Gasteiger partial charge on any atom is 0.191 e. The van der Waals surface area contributed by atoms with E-state index in [2.05, 4.69) is 32.5 Å². The number of hydrogen-bond donors (Lipinski definition) is 2. The van der Waals surface area contributed by atoms with E-state index in [0.29, 0.717) is 0 Å². The SMILES string of the molecule is CN=C(NCCCOC)NCc1ccsc1. The lowest BCUT2D eigenvalue weighted by atomic mass is 10.3. The molecule has 0 unspecified atom stereocenters. The van der Waals surface area contributed by atoms with Crippen LogP contribution in [0.5, 0.6) is 0 Å². The Morgan fingerprint density at radius 1 is 1.50 bits per heavy atom. The molecule has 0 atom stereocenters. The highest BCUT2D eigenvalue weighted by Crippen LogP contribution is 2.04. The van der Waals surface area contributed by atoms with Crippen molar-refractivity contribution in [3.63, 3.8) is 0 Å². The van der Waals surface area contributed by atoms with Gasteiger partial charge < -0.3 is 15.4 Å². The third-order valence-electron chi connectivity index (χ3n) is 2.08. The van der Waals surface area contributed by atoms with Gasteiger partial charge in [-0.25, -0.2) is 0 Å². The predicted molar refractivity (Wildman–Crippen MR) is 69.0 cm³/mol. The molecule has 90 valence electrons. The zero-order chi connectivity index (χ0) is 11.6. The van der Waals surface area contributed by atoms with Crippen LogP contribution in [0, 0.1) is 0 Å². The molecule has 0 amide bonds. The van der Waals surface area contributed by atoms with Gasteiger partial charge in [0.15, 0.2) is 5.96 Å². The van der Waals surface area contributed by atoms with Crippen molar-refractivity contribution in [2.45, 2.75) is 13.0 Å². The average Bonchev–Trinajstić information content (AvgIpc) is 2.81. The first-order chi connectivity index (χ1) is 7.86. The van der Waals surface area contributed by atoms with E-state index in [0.717, 1.165) is 32.1 Å². The van der Waals surface area contributed by atoms with Crippen molar-refractivity contribution in [3.8, 4) is 0 Å². The maximum absolute atomic E-state index is 4.98. The van der Waals surface area contributed by atoms with Gasteiger partial charge in [0, 0.05) is 33.9 Å². The average molecular weight is 241 g/mol. The van der Waals surface area contributed by atoms with Gasteiger partial charge in [-0.1, -0.05) is 0 Å². The van der Waals surface area contributed by atoms with E-state index in [9.17, 15) is 0 Å². The number of ether oxygens (including phenoxy) is 1. The lowest BCUT2D eigenvalue weighted by Gasteiger charge is -2.10. The molecule has 0 saturated carbocycles. The summed E-state index contributed by atoms with van der Waals surface area (Å²) in [5, 5.41) is 10.7. The monoisotopic (exact) mass is 241 g/mol. The van der Waals surface area contributed by atoms with Gasteiger partial charge in [0.25, 0.3) is 0 Å². The molecule has 0 spiro atoms. The van der Waals surface area contributed by atoms with Crippen molar-refractivity contribution in [3.05, 3.63) is 22.4 Å². The smallest absolute Gasteiger partial charge is 0.191 e. The van der Waals surface area contributed by atoms with Crippen LogP contribution in [0.3, 0.4) is 0 Å². The fourth-order valence-electron chi connectivity index (χ4n) is 1.22. The molecule has 2 N–H and O–H groups in total. The molecule has 1 aromatic heterocycles. The van der Waals surface area contributed by atoms with Crippen LogP contribution in [0.25, 0.3) is 0 Å². The number of rotatable bonds is 6. The molecule has 0 aliphatic rings. The fraction of sp³-hybridized carbons (Fsp3) is 0.545. The molecular formula is C11H19N3OS. The molecule has 1 heterocycles. The summed E-state index contributed by atoms with van der Waals surface area (Å²) in [5.74, 6) is 0.835. The van der Waals surface area contributed by atoms with E-state index < -0.39 is 0 Å². The molecule has 0 aliphatic carbocycles. The first kappa shape index (κ1) is 13.0. The Morgan fingerprint density at radius 3 is 3.00 bits per heavy atom. The molecule has 16 heavy (non-hydrogen) atoms. The number of aliphatic imine (C=N–C) groups is 1. The van der Waals surface area contributed by atoms with Crippen LogP contribution < -0.4 is 10.6 Å². The maximum atomic E-state index is 4.98. The lowest BCUT2D eigenvalue weighted by molar-refractivity contribution is 0.195. The van der Waals surface area contributed by atoms with Gasteiger partial charge in [0.05, 0.1) is 0 Å². The molecule has 1 rings (SSSR count). The van der Waals surface area contributed by atoms with Gasteiger partial charge in [0.1, 0.15) is 0 Å². The second kappa shape index (κ2) is 8.13. The van der Waals surface area contributed by atoms with Gasteiger partial charge in [-0.2, -0.15) is 11.3 Å². The van der Waals surface area contributed by atoms with Gasteiger partial charge in [-0.15, -0.1) is 0 Å². The Kier molecular flexibility index (Phi) is 6.60. The van der Waals surface area contributed by atoms with Crippen molar-refractivity contribution in [1.29, 1.82) is 0 Å². The van der Waals surface area contributed by atoms with Crippen LogP contribution in [0.1, 0.15) is 12.0 Å². The van der Waals surface area contributed by atoms with Crippen molar-refractivity contribution in [2.24, 2.45) is 4.99 Å². The lowest BCUT2D eigenvalue weighted by Crippen LogP contribution is -2.37. The number of nitrogens with one attached hydrogen (secondary N) is 2. The number of methoxy groups -OCH3 is 1. The van der Waals surface area contributed by atoms with Gasteiger partial charge in [-0.05, 0) is 28.8 Å². The normalized spacial score (nSPS) is 11.5. The highest BCUT2D eigenvalue weighted by atomic mass is 32.1. The molecule has 0 aliphatic heterocycles. The minimum atomic E-state index is 0.772. The third-order valence-corrected chi connectivity index (χ3v) is 2.81. The highest BCUT2D eigenvalue weighted by molar-refractivity contribution is 7.07. The van der Waals surface area contributed by atoms with Crippen LogP contribution in [-0.4, -0.2) is 33.3 Å². The molecule has 0 aromatic carbocycles. The zero-order valence-corrected chi connectivity index (χ0v) is 10.6. The molecule has 0 radical (unpaired) electrons. The summed E-state index contributed by atoms with van der Waals surface area (Å²) < 4.78 is 4.98.